The van der Waals surface area contributed by atoms with Crippen LogP contribution < -0.4 is 0 Å². The lowest BCUT2D eigenvalue weighted by Crippen LogP contribution is -1.72. The van der Waals surface area contributed by atoms with Gasteiger partial charge in [-0.15, -0.1) is 0 Å². The van der Waals surface area contributed by atoms with Crippen molar-refractivity contribution >= 4 is 23.2 Å². The highest BCUT2D eigenvalue weighted by molar-refractivity contribution is 6.33. The predicted octanol–water partition coefficient (Wildman–Crippen LogP) is 3.05. The molecule has 0 spiro atoms. The SMILES string of the molecule is [CH]c1cc(Cl)ccc1Cl. The van der Waals surface area contributed by atoms with Gasteiger partial charge in [-0.1, -0.05) is 23.2 Å². The van der Waals surface area contributed by atoms with E-state index in [0.717, 1.165) is 0 Å². The molecular formula is C7H4Cl2. The molecule has 0 amide bonds. The van der Waals surface area contributed by atoms with Crippen LogP contribution in [0.2, 0.25) is 10.0 Å². The predicted molar refractivity (Wildman–Crippen MR) is 39.9 cm³/mol. The lowest BCUT2D eigenvalue weighted by Gasteiger charge is -1.94. The fraction of sp³-hybridized carbons (Fsp3) is 0. The molecule has 0 nitrogen and oxygen atoms in total. The molecule has 2 radical (unpaired) electrons. The van der Waals surface area contributed by atoms with Gasteiger partial charge in [0.25, 0.3) is 0 Å². The van der Waals surface area contributed by atoms with Crippen molar-refractivity contribution in [2.75, 3.05) is 0 Å². The molecule has 0 saturated heterocycles. The van der Waals surface area contributed by atoms with Crippen LogP contribution in [-0.4, -0.2) is 0 Å². The summed E-state index contributed by atoms with van der Waals surface area (Å²) >= 11 is 11.2. The highest BCUT2D eigenvalue weighted by Gasteiger charge is 1.93. The van der Waals surface area contributed by atoms with Crippen molar-refractivity contribution in [2.45, 2.75) is 0 Å². The third-order valence-corrected chi connectivity index (χ3v) is 1.54. The van der Waals surface area contributed by atoms with Crippen LogP contribution in [0.5, 0.6) is 0 Å². The Hall–Kier alpha value is -0.200. The van der Waals surface area contributed by atoms with Crippen LogP contribution >= 0.6 is 23.2 Å². The van der Waals surface area contributed by atoms with E-state index in [-0.39, 0.29) is 0 Å². The van der Waals surface area contributed by atoms with Gasteiger partial charge in [0.05, 0.1) is 0 Å². The molecule has 0 N–H and O–H groups in total. The summed E-state index contributed by atoms with van der Waals surface area (Å²) in [6.45, 7) is 5.40. The Morgan fingerprint density at radius 2 is 1.89 bits per heavy atom. The second-order valence-electron chi connectivity index (χ2n) is 1.67. The van der Waals surface area contributed by atoms with Gasteiger partial charge in [-0.2, -0.15) is 0 Å². The van der Waals surface area contributed by atoms with E-state index in [1.165, 1.54) is 0 Å². The lowest BCUT2D eigenvalue weighted by molar-refractivity contribution is 1.61. The van der Waals surface area contributed by atoms with Crippen molar-refractivity contribution in [3.63, 3.8) is 0 Å². The first-order valence-electron chi connectivity index (χ1n) is 2.40. The highest BCUT2D eigenvalue weighted by Crippen LogP contribution is 2.18. The molecule has 0 unspecified atom stereocenters. The normalized spacial score (nSPS) is 9.67. The lowest BCUT2D eigenvalue weighted by atomic mass is 10.2. The van der Waals surface area contributed by atoms with Crippen molar-refractivity contribution < 1.29 is 0 Å². The van der Waals surface area contributed by atoms with E-state index in [1.807, 2.05) is 0 Å². The fourth-order valence-electron chi connectivity index (χ4n) is 0.515. The van der Waals surface area contributed by atoms with E-state index >= 15 is 0 Å². The summed E-state index contributed by atoms with van der Waals surface area (Å²) in [6.07, 6.45) is 0. The van der Waals surface area contributed by atoms with Crippen molar-refractivity contribution in [1.29, 1.82) is 0 Å². The van der Waals surface area contributed by atoms with E-state index in [1.54, 1.807) is 18.2 Å². The van der Waals surface area contributed by atoms with Gasteiger partial charge in [-0.05, 0) is 23.8 Å². The molecule has 1 aromatic carbocycles. The summed E-state index contributed by atoms with van der Waals surface area (Å²) in [7, 11) is 0. The molecular weight excluding hydrogens is 155 g/mol. The first kappa shape index (κ1) is 6.91. The quantitative estimate of drug-likeness (QED) is 0.545. The number of benzene rings is 1. The van der Waals surface area contributed by atoms with Crippen LogP contribution in [0.4, 0.5) is 0 Å². The fourth-order valence-corrected chi connectivity index (χ4v) is 0.813. The Morgan fingerprint density at radius 3 is 2.33 bits per heavy atom. The summed E-state index contributed by atoms with van der Waals surface area (Å²) < 4.78 is 0. The Morgan fingerprint density at radius 1 is 1.22 bits per heavy atom. The number of hydrogen-bond donors (Lipinski definition) is 0. The Labute approximate surface area is 64.4 Å². The third-order valence-electron chi connectivity index (χ3n) is 0.958. The molecule has 0 aliphatic heterocycles. The van der Waals surface area contributed by atoms with E-state index in [9.17, 15) is 0 Å². The van der Waals surface area contributed by atoms with E-state index in [4.69, 9.17) is 30.1 Å². The maximum Gasteiger partial charge on any atom is 0.0442 e. The van der Waals surface area contributed by atoms with Gasteiger partial charge in [0, 0.05) is 17.0 Å². The maximum absolute atomic E-state index is 5.60. The summed E-state index contributed by atoms with van der Waals surface area (Å²) in [5.41, 5.74) is 0.518. The van der Waals surface area contributed by atoms with Gasteiger partial charge in [0.15, 0.2) is 0 Å². The molecule has 0 fully saturated rings. The van der Waals surface area contributed by atoms with E-state index < -0.39 is 0 Å². The second kappa shape index (κ2) is 2.59. The van der Waals surface area contributed by atoms with Crippen LogP contribution in [0.1, 0.15) is 5.56 Å². The van der Waals surface area contributed by atoms with Gasteiger partial charge in [-0.3, -0.25) is 0 Å². The molecule has 0 heterocycles. The van der Waals surface area contributed by atoms with Crippen LogP contribution in [-0.2, 0) is 0 Å². The topological polar surface area (TPSA) is 0 Å². The second-order valence-corrected chi connectivity index (χ2v) is 2.51. The highest BCUT2D eigenvalue weighted by atomic mass is 35.5. The molecule has 0 bridgehead atoms. The maximum atomic E-state index is 5.60. The zero-order valence-corrected chi connectivity index (χ0v) is 6.08. The van der Waals surface area contributed by atoms with Gasteiger partial charge >= 0.3 is 0 Å². The van der Waals surface area contributed by atoms with Gasteiger partial charge < -0.3 is 0 Å². The molecule has 0 aliphatic rings. The van der Waals surface area contributed by atoms with E-state index in [0.29, 0.717) is 15.6 Å². The zero-order chi connectivity index (χ0) is 6.85. The standard InChI is InChI=1S/C7H4Cl2/c1-5-4-6(8)2-3-7(5)9/h1-4H. The zero-order valence-electron chi connectivity index (χ0n) is 4.57. The molecule has 46 valence electrons. The molecule has 0 saturated carbocycles. The van der Waals surface area contributed by atoms with Gasteiger partial charge in [0.2, 0.25) is 0 Å². The third kappa shape index (κ3) is 1.60. The molecule has 1 aromatic rings. The Balaban J connectivity index is 3.17. The minimum atomic E-state index is 0.518. The van der Waals surface area contributed by atoms with Crippen molar-refractivity contribution in [3.8, 4) is 0 Å². The number of halogens is 2. The molecule has 9 heavy (non-hydrogen) atoms. The van der Waals surface area contributed by atoms with Crippen LogP contribution in [0.25, 0.3) is 0 Å². The number of hydrogen-bond acceptors (Lipinski definition) is 0. The first-order valence-corrected chi connectivity index (χ1v) is 3.16. The van der Waals surface area contributed by atoms with Crippen molar-refractivity contribution in [3.05, 3.63) is 40.7 Å². The van der Waals surface area contributed by atoms with Crippen molar-refractivity contribution in [1.82, 2.24) is 0 Å². The number of rotatable bonds is 0. The Kier molecular flexibility index (Phi) is 1.99. The van der Waals surface area contributed by atoms with Gasteiger partial charge in [0.1, 0.15) is 0 Å². The first-order chi connectivity index (χ1) is 4.20. The van der Waals surface area contributed by atoms with Gasteiger partial charge in [-0.25, -0.2) is 0 Å². The van der Waals surface area contributed by atoms with E-state index in [2.05, 4.69) is 0 Å². The van der Waals surface area contributed by atoms with Crippen molar-refractivity contribution in [2.24, 2.45) is 0 Å². The Bertz CT molecular complexity index is 218. The molecule has 2 heteroatoms. The van der Waals surface area contributed by atoms with Crippen LogP contribution in [0, 0.1) is 6.92 Å². The smallest absolute Gasteiger partial charge is 0.0442 e. The average molecular weight is 159 g/mol. The van der Waals surface area contributed by atoms with Crippen LogP contribution in [0.3, 0.4) is 0 Å². The minimum absolute atomic E-state index is 0.518. The van der Waals surface area contributed by atoms with Crippen LogP contribution in [0.15, 0.2) is 18.2 Å². The summed E-state index contributed by atoms with van der Waals surface area (Å²) in [5.74, 6) is 0. The summed E-state index contributed by atoms with van der Waals surface area (Å²) in [6, 6.07) is 4.98. The summed E-state index contributed by atoms with van der Waals surface area (Å²) in [5, 5.41) is 1.15. The minimum Gasteiger partial charge on any atom is -0.0843 e. The monoisotopic (exact) mass is 158 g/mol. The molecule has 0 atom stereocenters. The average Bonchev–Trinajstić information content (AvgIpc) is 1.80. The molecule has 0 aliphatic carbocycles. The molecule has 1 rings (SSSR count). The molecule has 0 aromatic heterocycles. The largest absolute Gasteiger partial charge is 0.0843 e. The summed E-state index contributed by atoms with van der Waals surface area (Å²) in [4.78, 5) is 0.